The molecule has 144 valence electrons. The molecular weight excluding hydrogens is 359 g/mol. The van der Waals surface area contributed by atoms with Gasteiger partial charge < -0.3 is 14.6 Å². The van der Waals surface area contributed by atoms with Crippen molar-refractivity contribution in [3.63, 3.8) is 0 Å². The van der Waals surface area contributed by atoms with E-state index in [1.807, 2.05) is 26.0 Å². The maximum absolute atomic E-state index is 14.1. The van der Waals surface area contributed by atoms with Gasteiger partial charge in [-0.1, -0.05) is 29.8 Å². The lowest BCUT2D eigenvalue weighted by atomic mass is 10.0. The number of benzene rings is 2. The molecule has 28 heavy (non-hydrogen) atoms. The molecule has 3 aromatic rings. The van der Waals surface area contributed by atoms with Crippen molar-refractivity contribution in [1.82, 2.24) is 9.88 Å². The average molecular weight is 380 g/mol. The van der Waals surface area contributed by atoms with Crippen molar-refractivity contribution in [3.8, 4) is 0 Å². The number of amides is 1. The number of aromatic amines is 1. The molecule has 1 aliphatic heterocycles. The Hall–Kier alpha value is -2.99. The number of H-pyrrole nitrogens is 1. The van der Waals surface area contributed by atoms with Crippen molar-refractivity contribution in [2.75, 3.05) is 19.7 Å². The molecule has 0 bridgehead atoms. The lowest BCUT2D eigenvalue weighted by Crippen LogP contribution is -2.44. The van der Waals surface area contributed by atoms with Crippen LogP contribution < -0.4 is 5.56 Å². The van der Waals surface area contributed by atoms with Gasteiger partial charge in [0, 0.05) is 12.1 Å². The van der Waals surface area contributed by atoms with Crippen LogP contribution in [-0.2, 0) is 4.74 Å². The number of rotatable bonds is 2. The van der Waals surface area contributed by atoms with E-state index in [4.69, 9.17) is 4.74 Å². The molecule has 0 radical (unpaired) electrons. The van der Waals surface area contributed by atoms with Crippen LogP contribution in [0.2, 0.25) is 0 Å². The second-order valence-corrected chi connectivity index (χ2v) is 7.19. The van der Waals surface area contributed by atoms with Crippen LogP contribution in [-0.4, -0.2) is 35.5 Å². The Morgan fingerprint density at radius 2 is 2.00 bits per heavy atom. The zero-order chi connectivity index (χ0) is 19.8. The minimum absolute atomic E-state index is 0.0895. The topological polar surface area (TPSA) is 62.4 Å². The lowest BCUT2D eigenvalue weighted by Gasteiger charge is -2.33. The van der Waals surface area contributed by atoms with Gasteiger partial charge in [-0.2, -0.15) is 0 Å². The van der Waals surface area contributed by atoms with E-state index in [-0.39, 0.29) is 30.4 Å². The summed E-state index contributed by atoms with van der Waals surface area (Å²) in [4.78, 5) is 30.0. The summed E-state index contributed by atoms with van der Waals surface area (Å²) in [6.45, 7) is 4.74. The smallest absolute Gasteiger partial charge is 0.261 e. The molecule has 1 N–H and O–H groups in total. The second-order valence-electron chi connectivity index (χ2n) is 7.19. The van der Waals surface area contributed by atoms with Crippen molar-refractivity contribution in [2.24, 2.45) is 0 Å². The Morgan fingerprint density at radius 3 is 2.79 bits per heavy atom. The highest BCUT2D eigenvalue weighted by Gasteiger charge is 2.29. The Labute approximate surface area is 161 Å². The van der Waals surface area contributed by atoms with Gasteiger partial charge in [0.15, 0.2) is 0 Å². The van der Waals surface area contributed by atoms with E-state index in [0.29, 0.717) is 12.1 Å². The van der Waals surface area contributed by atoms with Crippen LogP contribution in [0.3, 0.4) is 0 Å². The van der Waals surface area contributed by atoms with E-state index in [1.165, 1.54) is 6.07 Å². The highest BCUT2D eigenvalue weighted by molar-refractivity contribution is 5.97. The molecule has 0 saturated carbocycles. The van der Waals surface area contributed by atoms with Crippen LogP contribution in [0.5, 0.6) is 0 Å². The van der Waals surface area contributed by atoms with Gasteiger partial charge in [-0.25, -0.2) is 4.39 Å². The van der Waals surface area contributed by atoms with Gasteiger partial charge in [-0.3, -0.25) is 9.59 Å². The Balaban J connectivity index is 1.66. The van der Waals surface area contributed by atoms with E-state index in [1.54, 1.807) is 29.2 Å². The summed E-state index contributed by atoms with van der Waals surface area (Å²) >= 11 is 0. The van der Waals surface area contributed by atoms with Crippen LogP contribution >= 0.6 is 0 Å². The molecule has 1 atom stereocenters. The molecule has 1 unspecified atom stereocenters. The first-order valence-electron chi connectivity index (χ1n) is 9.23. The third-order valence-corrected chi connectivity index (χ3v) is 5.13. The number of halogens is 1. The van der Waals surface area contributed by atoms with Gasteiger partial charge in [-0.15, -0.1) is 0 Å². The number of nitrogens with one attached hydrogen (secondary N) is 1. The van der Waals surface area contributed by atoms with Gasteiger partial charge in [0.2, 0.25) is 0 Å². The van der Waals surface area contributed by atoms with Crippen LogP contribution in [0.15, 0.2) is 47.3 Å². The molecule has 1 fully saturated rings. The maximum Gasteiger partial charge on any atom is 0.261 e. The van der Waals surface area contributed by atoms with E-state index < -0.39 is 11.7 Å². The summed E-state index contributed by atoms with van der Waals surface area (Å²) in [7, 11) is 0. The van der Waals surface area contributed by atoms with Gasteiger partial charge in [0.1, 0.15) is 17.5 Å². The van der Waals surface area contributed by atoms with E-state index in [0.717, 1.165) is 22.0 Å². The molecule has 1 aliphatic rings. The SMILES string of the molecule is Cc1cc(C)c2[nH]c(=O)c(C(=O)N3CCOC(c4ccccc4F)C3)cc2c1. The fourth-order valence-corrected chi connectivity index (χ4v) is 3.77. The number of aromatic nitrogens is 1. The molecule has 0 spiro atoms. The minimum Gasteiger partial charge on any atom is -0.370 e. The zero-order valence-electron chi connectivity index (χ0n) is 15.8. The summed E-state index contributed by atoms with van der Waals surface area (Å²) in [6.07, 6.45) is -0.553. The van der Waals surface area contributed by atoms with Crippen molar-refractivity contribution < 1.29 is 13.9 Å². The number of pyridine rings is 1. The van der Waals surface area contributed by atoms with E-state index >= 15 is 0 Å². The van der Waals surface area contributed by atoms with Crippen LogP contribution in [0.1, 0.15) is 33.2 Å². The fraction of sp³-hybridized carbons (Fsp3) is 0.273. The average Bonchev–Trinajstić information content (AvgIpc) is 2.68. The van der Waals surface area contributed by atoms with Crippen LogP contribution in [0.25, 0.3) is 10.9 Å². The molecule has 2 heterocycles. The van der Waals surface area contributed by atoms with Gasteiger partial charge in [0.25, 0.3) is 11.5 Å². The summed E-state index contributed by atoms with van der Waals surface area (Å²) < 4.78 is 19.8. The maximum atomic E-state index is 14.1. The summed E-state index contributed by atoms with van der Waals surface area (Å²) in [5.74, 6) is -0.733. The molecular formula is C22H21FN2O3. The normalized spacial score (nSPS) is 17.1. The number of nitrogens with zero attached hydrogens (tertiary/aromatic N) is 1. The van der Waals surface area contributed by atoms with Gasteiger partial charge in [0.05, 0.1) is 18.7 Å². The zero-order valence-corrected chi connectivity index (χ0v) is 15.8. The highest BCUT2D eigenvalue weighted by atomic mass is 19.1. The number of aryl methyl sites for hydroxylation is 2. The van der Waals surface area contributed by atoms with E-state index in [2.05, 4.69) is 4.98 Å². The number of hydrogen-bond donors (Lipinski definition) is 1. The van der Waals surface area contributed by atoms with Crippen LogP contribution in [0.4, 0.5) is 4.39 Å². The third kappa shape index (κ3) is 3.31. The summed E-state index contributed by atoms with van der Waals surface area (Å²) in [5.41, 5.74) is 2.83. The molecule has 0 aliphatic carbocycles. The summed E-state index contributed by atoms with van der Waals surface area (Å²) in [6, 6.07) is 12.0. The van der Waals surface area contributed by atoms with Gasteiger partial charge in [-0.05, 0) is 43.0 Å². The molecule has 1 amide bonds. The van der Waals surface area contributed by atoms with Gasteiger partial charge >= 0.3 is 0 Å². The van der Waals surface area contributed by atoms with Crippen LogP contribution in [0, 0.1) is 19.7 Å². The largest absolute Gasteiger partial charge is 0.370 e. The Kier molecular flexibility index (Phi) is 4.73. The lowest BCUT2D eigenvalue weighted by molar-refractivity contribution is -0.0243. The predicted molar refractivity (Wildman–Crippen MR) is 105 cm³/mol. The molecule has 1 aromatic heterocycles. The number of fused-ring (bicyclic) bond motifs is 1. The number of hydrogen-bond acceptors (Lipinski definition) is 3. The standard InChI is InChI=1S/C22H21FN2O3/c1-13-9-14(2)20-15(10-13)11-17(21(26)24-20)22(27)25-7-8-28-19(12-25)16-5-3-4-6-18(16)23/h3-6,9-11,19H,7-8,12H2,1-2H3,(H,24,26). The summed E-state index contributed by atoms with van der Waals surface area (Å²) in [5, 5.41) is 0.819. The monoisotopic (exact) mass is 380 g/mol. The first-order valence-corrected chi connectivity index (χ1v) is 9.23. The second kappa shape index (κ2) is 7.20. The minimum atomic E-state index is -0.553. The number of carbonyl (C=O) groups is 1. The molecule has 5 nitrogen and oxygen atoms in total. The van der Waals surface area contributed by atoms with Crippen molar-refractivity contribution in [2.45, 2.75) is 20.0 Å². The first kappa shape index (κ1) is 18.4. The quantitative estimate of drug-likeness (QED) is 0.740. The third-order valence-electron chi connectivity index (χ3n) is 5.13. The molecule has 4 rings (SSSR count). The number of morpholine rings is 1. The Morgan fingerprint density at radius 1 is 1.21 bits per heavy atom. The highest BCUT2D eigenvalue weighted by Crippen LogP contribution is 2.25. The number of ether oxygens (including phenoxy) is 1. The fourth-order valence-electron chi connectivity index (χ4n) is 3.77. The van der Waals surface area contributed by atoms with Crippen molar-refractivity contribution in [3.05, 3.63) is 80.9 Å². The Bertz CT molecular complexity index is 1120. The van der Waals surface area contributed by atoms with Crippen molar-refractivity contribution in [1.29, 1.82) is 0 Å². The van der Waals surface area contributed by atoms with E-state index in [9.17, 15) is 14.0 Å². The molecule has 1 saturated heterocycles. The number of carbonyl (C=O) groups excluding carboxylic acids is 1. The first-order chi connectivity index (χ1) is 13.4. The predicted octanol–water partition coefficient (Wildman–Crippen LogP) is 3.50. The molecule has 6 heteroatoms. The molecule has 2 aromatic carbocycles. The van der Waals surface area contributed by atoms with Crippen molar-refractivity contribution >= 4 is 16.8 Å².